The first-order valence-electron chi connectivity index (χ1n) is 9.64. The van der Waals surface area contributed by atoms with Crippen molar-refractivity contribution in [3.05, 3.63) is 48.5 Å². The van der Waals surface area contributed by atoms with E-state index < -0.39 is 7.12 Å². The van der Waals surface area contributed by atoms with Crippen LogP contribution < -0.4 is 18.6 Å². The standard InChI is InChI=1S/C20H22B2O6/c1-24-20(23)13-7-2-8-15(22-27-18-11-5-6-12-19(18)28-22)14-21-25-16-9-3-4-10-17(16)26-21/h3-6,9-12,15H,2,7-8,13-14H2,1H3. The molecule has 0 aromatic heterocycles. The zero-order chi connectivity index (χ0) is 19.3. The van der Waals surface area contributed by atoms with Crippen LogP contribution in [0, 0.1) is 0 Å². The first kappa shape index (κ1) is 18.6. The van der Waals surface area contributed by atoms with Crippen LogP contribution in [0.2, 0.25) is 12.1 Å². The van der Waals surface area contributed by atoms with Crippen molar-refractivity contribution in [1.29, 1.82) is 0 Å². The van der Waals surface area contributed by atoms with Gasteiger partial charge in [0.1, 0.15) is 23.0 Å². The Labute approximate surface area is 165 Å². The Morgan fingerprint density at radius 2 is 1.43 bits per heavy atom. The smallest absolute Gasteiger partial charge is 0.523 e. The van der Waals surface area contributed by atoms with Crippen LogP contribution in [0.15, 0.2) is 48.5 Å². The van der Waals surface area contributed by atoms with Gasteiger partial charge in [0.25, 0.3) is 0 Å². The maximum Gasteiger partial charge on any atom is 0.597 e. The third kappa shape index (κ3) is 4.21. The van der Waals surface area contributed by atoms with E-state index in [1.807, 2.05) is 48.5 Å². The lowest BCUT2D eigenvalue weighted by atomic mass is 9.59. The van der Waals surface area contributed by atoms with E-state index >= 15 is 0 Å². The van der Waals surface area contributed by atoms with Crippen LogP contribution >= 0.6 is 0 Å². The number of esters is 1. The second-order valence-electron chi connectivity index (χ2n) is 6.98. The number of rotatable bonds is 8. The summed E-state index contributed by atoms with van der Waals surface area (Å²) in [6, 6.07) is 15.3. The van der Waals surface area contributed by atoms with Crippen LogP contribution in [0.25, 0.3) is 0 Å². The van der Waals surface area contributed by atoms with Crippen LogP contribution in [-0.4, -0.2) is 27.3 Å². The number of ether oxygens (including phenoxy) is 1. The average molecular weight is 380 g/mol. The Morgan fingerprint density at radius 1 is 0.893 bits per heavy atom. The van der Waals surface area contributed by atoms with E-state index in [4.69, 9.17) is 23.4 Å². The van der Waals surface area contributed by atoms with Gasteiger partial charge < -0.3 is 23.4 Å². The molecule has 1 unspecified atom stereocenters. The number of hydrogen-bond acceptors (Lipinski definition) is 6. The Morgan fingerprint density at radius 3 is 1.96 bits per heavy atom. The summed E-state index contributed by atoms with van der Waals surface area (Å²) in [7, 11) is 0.639. The molecule has 6 nitrogen and oxygen atoms in total. The van der Waals surface area contributed by atoms with Gasteiger partial charge in [0.05, 0.1) is 7.11 Å². The zero-order valence-corrected chi connectivity index (χ0v) is 15.8. The highest BCUT2D eigenvalue weighted by Gasteiger charge is 2.45. The second kappa shape index (κ2) is 8.50. The van der Waals surface area contributed by atoms with Crippen molar-refractivity contribution >= 4 is 20.2 Å². The van der Waals surface area contributed by atoms with E-state index in [1.165, 1.54) is 7.11 Å². The second-order valence-corrected chi connectivity index (χ2v) is 6.98. The Hall–Kier alpha value is -2.76. The summed E-state index contributed by atoms with van der Waals surface area (Å²) >= 11 is 0. The van der Waals surface area contributed by atoms with Gasteiger partial charge in [0.15, 0.2) is 0 Å². The molecule has 28 heavy (non-hydrogen) atoms. The molecule has 0 amide bonds. The van der Waals surface area contributed by atoms with E-state index in [1.54, 1.807) is 0 Å². The third-order valence-electron chi connectivity index (χ3n) is 5.01. The van der Waals surface area contributed by atoms with Crippen molar-refractivity contribution < 1.29 is 28.1 Å². The third-order valence-corrected chi connectivity index (χ3v) is 5.01. The SMILES string of the molecule is COC(=O)CCCCC(CB1Oc2ccccc2O1)B1Oc2ccccc2O1. The van der Waals surface area contributed by atoms with Gasteiger partial charge in [-0.25, -0.2) is 0 Å². The summed E-state index contributed by atoms with van der Waals surface area (Å²) in [6.45, 7) is 0. The number of benzene rings is 2. The van der Waals surface area contributed by atoms with Crippen LogP contribution in [-0.2, 0) is 9.53 Å². The van der Waals surface area contributed by atoms with Gasteiger partial charge in [-0.15, -0.1) is 0 Å². The number of methoxy groups -OCH3 is 1. The summed E-state index contributed by atoms with van der Waals surface area (Å²) in [5.41, 5.74) is 0. The fraction of sp³-hybridized carbons (Fsp3) is 0.350. The van der Waals surface area contributed by atoms with Crippen molar-refractivity contribution in [2.75, 3.05) is 7.11 Å². The van der Waals surface area contributed by atoms with Gasteiger partial charge in [-0.05, 0) is 37.1 Å². The van der Waals surface area contributed by atoms with E-state index in [0.717, 1.165) is 42.3 Å². The van der Waals surface area contributed by atoms with Gasteiger partial charge in [-0.3, -0.25) is 4.79 Å². The molecule has 2 aromatic carbocycles. The summed E-state index contributed by atoms with van der Waals surface area (Å²) in [4.78, 5) is 11.4. The van der Waals surface area contributed by atoms with E-state index in [9.17, 15) is 4.79 Å². The van der Waals surface area contributed by atoms with E-state index in [-0.39, 0.29) is 18.9 Å². The topological polar surface area (TPSA) is 63.2 Å². The molecule has 0 saturated carbocycles. The summed E-state index contributed by atoms with van der Waals surface area (Å²) in [5, 5.41) is 0. The Bertz CT molecular complexity index is 780. The van der Waals surface area contributed by atoms with Gasteiger partial charge in [0, 0.05) is 18.6 Å². The molecule has 0 aliphatic carbocycles. The molecule has 8 heteroatoms. The average Bonchev–Trinajstić information content (AvgIpc) is 3.33. The number of para-hydroxylation sites is 4. The number of carbonyl (C=O) groups is 1. The number of fused-ring (bicyclic) bond motifs is 2. The summed E-state index contributed by atoms with van der Waals surface area (Å²) in [5.74, 6) is 2.90. The lowest BCUT2D eigenvalue weighted by Crippen LogP contribution is -2.36. The van der Waals surface area contributed by atoms with Crippen molar-refractivity contribution in [2.24, 2.45) is 0 Å². The minimum atomic E-state index is -0.397. The van der Waals surface area contributed by atoms with Gasteiger partial charge in [-0.2, -0.15) is 0 Å². The molecule has 0 spiro atoms. The molecule has 0 N–H and O–H groups in total. The van der Waals surface area contributed by atoms with Crippen molar-refractivity contribution in [3.63, 3.8) is 0 Å². The van der Waals surface area contributed by atoms with Crippen LogP contribution in [0.5, 0.6) is 23.0 Å². The molecule has 2 heterocycles. The monoisotopic (exact) mass is 380 g/mol. The van der Waals surface area contributed by atoms with Gasteiger partial charge >= 0.3 is 20.2 Å². The first-order chi connectivity index (χ1) is 13.7. The molecule has 0 saturated heterocycles. The minimum Gasteiger partial charge on any atom is -0.523 e. The lowest BCUT2D eigenvalue weighted by Gasteiger charge is -2.18. The quantitative estimate of drug-likeness (QED) is 0.392. The fourth-order valence-electron chi connectivity index (χ4n) is 3.55. The van der Waals surface area contributed by atoms with Crippen LogP contribution in [0.1, 0.15) is 25.7 Å². The highest BCUT2D eigenvalue weighted by atomic mass is 16.6. The normalized spacial score (nSPS) is 14.9. The van der Waals surface area contributed by atoms with Gasteiger partial charge in [-0.1, -0.05) is 30.7 Å². The van der Waals surface area contributed by atoms with E-state index in [0.29, 0.717) is 12.7 Å². The molecule has 0 bridgehead atoms. The summed E-state index contributed by atoms with van der Waals surface area (Å²) < 4.78 is 28.6. The Kier molecular flexibility index (Phi) is 5.65. The van der Waals surface area contributed by atoms with Crippen molar-refractivity contribution in [1.82, 2.24) is 0 Å². The van der Waals surface area contributed by atoms with E-state index in [2.05, 4.69) is 0 Å². The predicted molar refractivity (Wildman–Crippen MR) is 106 cm³/mol. The minimum absolute atomic E-state index is 0.0596. The molecule has 4 rings (SSSR count). The summed E-state index contributed by atoms with van der Waals surface area (Å²) in [6.07, 6.45) is 3.49. The molecule has 144 valence electrons. The maximum absolute atomic E-state index is 11.4. The molecular formula is C20H22B2O6. The first-order valence-corrected chi connectivity index (χ1v) is 9.64. The fourth-order valence-corrected chi connectivity index (χ4v) is 3.55. The molecule has 0 radical (unpaired) electrons. The highest BCUT2D eigenvalue weighted by Crippen LogP contribution is 2.41. The maximum atomic E-state index is 11.4. The highest BCUT2D eigenvalue weighted by molar-refractivity contribution is 6.55. The van der Waals surface area contributed by atoms with Crippen molar-refractivity contribution in [2.45, 2.75) is 37.8 Å². The Balaban J connectivity index is 1.38. The predicted octanol–water partition coefficient (Wildman–Crippen LogP) is 4.01. The molecule has 1 atom stereocenters. The van der Waals surface area contributed by atoms with Crippen LogP contribution in [0.3, 0.4) is 0 Å². The molecule has 2 aliphatic heterocycles. The lowest BCUT2D eigenvalue weighted by molar-refractivity contribution is -0.140. The molecular weight excluding hydrogens is 358 g/mol. The number of hydrogen-bond donors (Lipinski definition) is 0. The zero-order valence-electron chi connectivity index (χ0n) is 15.8. The van der Waals surface area contributed by atoms with Crippen molar-refractivity contribution in [3.8, 4) is 23.0 Å². The number of unbranched alkanes of at least 4 members (excludes halogenated alkanes) is 1. The molecule has 2 aromatic rings. The van der Waals surface area contributed by atoms with Crippen LogP contribution in [0.4, 0.5) is 0 Å². The van der Waals surface area contributed by atoms with Gasteiger partial charge in [0.2, 0.25) is 0 Å². The molecule has 0 fully saturated rings. The largest absolute Gasteiger partial charge is 0.597 e. The number of carbonyl (C=O) groups excluding carboxylic acids is 1. The molecule has 2 aliphatic rings.